The zero-order valence-electron chi connectivity index (χ0n) is 26.4. The second kappa shape index (κ2) is 14.8. The van der Waals surface area contributed by atoms with Gasteiger partial charge in [0.05, 0.1) is 30.6 Å². The Morgan fingerprint density at radius 2 is 1.81 bits per heavy atom. The maximum Gasteiger partial charge on any atom is 0.320 e. The van der Waals surface area contributed by atoms with Crippen molar-refractivity contribution in [3.63, 3.8) is 0 Å². The third-order valence-corrected chi connectivity index (χ3v) is 8.44. The fraction of sp³-hybridized carbons (Fsp3) is 0.294. The molecule has 1 saturated heterocycles. The molecule has 246 valence electrons. The molecule has 0 aliphatic carbocycles. The number of amides is 2. The van der Waals surface area contributed by atoms with Gasteiger partial charge in [-0.15, -0.1) is 0 Å². The van der Waals surface area contributed by atoms with E-state index in [-0.39, 0.29) is 24.4 Å². The van der Waals surface area contributed by atoms with Gasteiger partial charge in [-0.3, -0.25) is 14.9 Å². The van der Waals surface area contributed by atoms with E-state index >= 15 is 0 Å². The molecule has 0 spiro atoms. The van der Waals surface area contributed by atoms with Gasteiger partial charge in [0.2, 0.25) is 0 Å². The van der Waals surface area contributed by atoms with Crippen molar-refractivity contribution in [1.82, 2.24) is 29.8 Å². The number of ether oxygens (including phenoxy) is 1. The molecule has 2 amide bonds. The first-order valence-corrected chi connectivity index (χ1v) is 15.1. The van der Waals surface area contributed by atoms with Gasteiger partial charge < -0.3 is 22.5 Å². The van der Waals surface area contributed by atoms with Crippen molar-refractivity contribution in [2.75, 3.05) is 32.1 Å². The van der Waals surface area contributed by atoms with Crippen LogP contribution in [0.5, 0.6) is 0 Å². The number of para-hydroxylation sites is 1. The summed E-state index contributed by atoms with van der Waals surface area (Å²) in [5.74, 6) is -1.61. The second-order valence-corrected chi connectivity index (χ2v) is 11.6. The first-order chi connectivity index (χ1) is 22.3. The Hall–Kier alpha value is -4.65. The fourth-order valence-corrected chi connectivity index (χ4v) is 6.15. The normalized spacial score (nSPS) is 16.9. The standard InChI is InChI=1S/C34H36F2N8O2.ClH/c1-23-32(25-17-37-41(2)18-25)40-44(26-10-6-4-7-11-26)33(23)39-34(45)38-31-21-43(20-28(31)24-12-13-29(35)30(36)16-24)27(22-46-3)19-42-14-8-5-9-15-42;/h4-18,27-28,31H,19-22H2,1-3H3,(H-,38,39,40,45);1H/t27?,28-,31+;/m0./s1. The Morgan fingerprint density at radius 1 is 1.06 bits per heavy atom. The van der Waals surface area contributed by atoms with Crippen LogP contribution >= 0.6 is 0 Å². The number of rotatable bonds is 10. The molecule has 1 aliphatic rings. The third kappa shape index (κ3) is 7.51. The number of pyridine rings is 1. The summed E-state index contributed by atoms with van der Waals surface area (Å²) < 4.78 is 39.4. The van der Waals surface area contributed by atoms with Crippen LogP contribution in [0.4, 0.5) is 19.4 Å². The van der Waals surface area contributed by atoms with Crippen LogP contribution in [0.3, 0.4) is 0 Å². The molecule has 3 aromatic heterocycles. The van der Waals surface area contributed by atoms with Crippen molar-refractivity contribution < 1.29 is 35.3 Å². The average Bonchev–Trinajstić information content (AvgIpc) is 3.76. The highest BCUT2D eigenvalue weighted by Gasteiger charge is 2.39. The minimum absolute atomic E-state index is 0. The molecule has 47 heavy (non-hydrogen) atoms. The van der Waals surface area contributed by atoms with E-state index in [0.29, 0.717) is 43.3 Å². The molecule has 4 heterocycles. The maximum atomic E-state index is 14.4. The second-order valence-electron chi connectivity index (χ2n) is 11.6. The molecule has 2 N–H and O–H groups in total. The van der Waals surface area contributed by atoms with E-state index in [1.165, 1.54) is 6.07 Å². The lowest BCUT2D eigenvalue weighted by atomic mass is 9.94. The maximum absolute atomic E-state index is 14.4. The molecule has 3 atom stereocenters. The lowest BCUT2D eigenvalue weighted by Crippen LogP contribution is -3.00. The van der Waals surface area contributed by atoms with Crippen LogP contribution in [0.1, 0.15) is 17.0 Å². The number of nitrogens with one attached hydrogen (secondary N) is 2. The van der Waals surface area contributed by atoms with Crippen molar-refractivity contribution in [2.24, 2.45) is 7.05 Å². The summed E-state index contributed by atoms with van der Waals surface area (Å²) in [7, 11) is 3.50. The van der Waals surface area contributed by atoms with Crippen LogP contribution in [0.2, 0.25) is 0 Å². The zero-order valence-corrected chi connectivity index (χ0v) is 27.1. The number of halogens is 3. The smallest absolute Gasteiger partial charge is 0.320 e. The first kappa shape index (κ1) is 33.7. The largest absolute Gasteiger partial charge is 1.00 e. The van der Waals surface area contributed by atoms with Gasteiger partial charge in [0.15, 0.2) is 30.6 Å². The van der Waals surface area contributed by atoms with Crippen LogP contribution < -0.4 is 27.6 Å². The highest BCUT2D eigenvalue weighted by atomic mass is 35.5. The summed E-state index contributed by atoms with van der Waals surface area (Å²) in [6.07, 6.45) is 7.59. The number of benzene rings is 2. The highest BCUT2D eigenvalue weighted by molar-refractivity contribution is 5.91. The lowest BCUT2D eigenvalue weighted by molar-refractivity contribution is -0.701. The van der Waals surface area contributed by atoms with E-state index in [0.717, 1.165) is 22.9 Å². The van der Waals surface area contributed by atoms with Gasteiger partial charge in [-0.1, -0.05) is 30.3 Å². The number of anilines is 1. The number of nitrogens with zero attached hydrogens (tertiary/aromatic N) is 6. The number of urea groups is 1. The van der Waals surface area contributed by atoms with Crippen molar-refractivity contribution in [3.05, 3.63) is 114 Å². The summed E-state index contributed by atoms with van der Waals surface area (Å²) in [4.78, 5) is 16.0. The molecular formula is C34H37ClF2N8O2. The summed E-state index contributed by atoms with van der Waals surface area (Å²) in [5, 5.41) is 15.3. The molecule has 1 aliphatic heterocycles. The van der Waals surface area contributed by atoms with Crippen LogP contribution in [0, 0.1) is 18.6 Å². The molecule has 6 rings (SSSR count). The van der Waals surface area contributed by atoms with E-state index in [9.17, 15) is 13.6 Å². The molecule has 13 heteroatoms. The molecule has 1 fully saturated rings. The molecule has 1 unspecified atom stereocenters. The van der Waals surface area contributed by atoms with Crippen molar-refractivity contribution in [1.29, 1.82) is 0 Å². The predicted molar refractivity (Wildman–Crippen MR) is 169 cm³/mol. The third-order valence-electron chi connectivity index (χ3n) is 8.44. The minimum atomic E-state index is -0.919. The van der Waals surface area contributed by atoms with Crippen LogP contribution in [-0.4, -0.2) is 69.4 Å². The van der Waals surface area contributed by atoms with Gasteiger partial charge in [0.1, 0.15) is 11.5 Å². The van der Waals surface area contributed by atoms with Gasteiger partial charge in [0.25, 0.3) is 0 Å². The summed E-state index contributed by atoms with van der Waals surface area (Å²) >= 11 is 0. The number of methoxy groups -OCH3 is 1. The first-order valence-electron chi connectivity index (χ1n) is 15.1. The van der Waals surface area contributed by atoms with E-state index in [1.807, 2.05) is 81.1 Å². The van der Waals surface area contributed by atoms with E-state index in [1.54, 1.807) is 28.7 Å². The van der Waals surface area contributed by atoms with Crippen LogP contribution in [0.25, 0.3) is 16.9 Å². The number of hydrogen-bond donors (Lipinski definition) is 2. The quantitative estimate of drug-likeness (QED) is 0.221. The molecule has 5 aromatic rings. The molecule has 0 radical (unpaired) electrons. The number of carbonyl (C=O) groups excluding carboxylic acids is 1. The molecule has 2 aromatic carbocycles. The Bertz CT molecular complexity index is 1800. The SMILES string of the molecule is COCC(C[n+]1ccccc1)N1C[C@@H](NC(=O)Nc2c(C)c(-c3cnn(C)c3)nn2-c2ccccc2)[C@H](c2ccc(F)c(F)c2)C1.[Cl-]. The van der Waals surface area contributed by atoms with E-state index in [2.05, 4.69) is 25.2 Å². The minimum Gasteiger partial charge on any atom is -1.00 e. The summed E-state index contributed by atoms with van der Waals surface area (Å²) in [6, 6.07) is 18.5. The van der Waals surface area contributed by atoms with Gasteiger partial charge in [-0.2, -0.15) is 10.2 Å². The highest BCUT2D eigenvalue weighted by Crippen LogP contribution is 2.32. The topological polar surface area (TPSA) is 93.1 Å². The molecule has 0 bridgehead atoms. The van der Waals surface area contributed by atoms with E-state index in [4.69, 9.17) is 9.84 Å². The van der Waals surface area contributed by atoms with E-state index < -0.39 is 23.7 Å². The Morgan fingerprint density at radius 3 is 2.49 bits per heavy atom. The Balaban J connectivity index is 0.00000433. The van der Waals surface area contributed by atoms with Gasteiger partial charge in [0, 0.05) is 62.6 Å². The van der Waals surface area contributed by atoms with Crippen molar-refractivity contribution in [3.8, 4) is 16.9 Å². The average molecular weight is 663 g/mol. The molecule has 0 saturated carbocycles. The number of hydrogen-bond acceptors (Lipinski definition) is 5. The molecular weight excluding hydrogens is 626 g/mol. The van der Waals surface area contributed by atoms with Gasteiger partial charge >= 0.3 is 6.03 Å². The number of aryl methyl sites for hydroxylation is 1. The number of aromatic nitrogens is 5. The predicted octanol–water partition coefficient (Wildman–Crippen LogP) is 1.46. The molecule has 10 nitrogen and oxygen atoms in total. The summed E-state index contributed by atoms with van der Waals surface area (Å²) in [6.45, 7) is 4.02. The van der Waals surface area contributed by atoms with Crippen molar-refractivity contribution in [2.45, 2.75) is 31.5 Å². The number of carbonyl (C=O) groups is 1. The van der Waals surface area contributed by atoms with Gasteiger partial charge in [-0.05, 0) is 36.8 Å². The lowest BCUT2D eigenvalue weighted by Gasteiger charge is -2.25. The van der Waals surface area contributed by atoms with Crippen molar-refractivity contribution >= 4 is 11.8 Å². The Kier molecular flexibility index (Phi) is 10.6. The van der Waals surface area contributed by atoms with Gasteiger partial charge in [-0.25, -0.2) is 22.8 Å². The fourth-order valence-electron chi connectivity index (χ4n) is 6.15. The van der Waals surface area contributed by atoms with Crippen LogP contribution in [0.15, 0.2) is 91.5 Å². The summed E-state index contributed by atoms with van der Waals surface area (Å²) in [5.41, 5.74) is 3.68. The van der Waals surface area contributed by atoms with Crippen LogP contribution in [-0.2, 0) is 18.3 Å². The Labute approximate surface area is 278 Å². The zero-order chi connectivity index (χ0) is 32.2. The number of likely N-dealkylation sites (tertiary alicyclic amines) is 1. The monoisotopic (exact) mass is 662 g/mol.